The minimum Gasteiger partial charge on any atom is -0.364 e. The number of halogens is 2. The minimum atomic E-state index is -2.72. The predicted molar refractivity (Wildman–Crippen MR) is 117 cm³/mol. The molecule has 1 fully saturated rings. The average molecular weight is 433 g/mol. The number of thiophene rings is 1. The van der Waals surface area contributed by atoms with Gasteiger partial charge >= 0.3 is 0 Å². The Morgan fingerprint density at radius 3 is 2.77 bits per heavy atom. The van der Waals surface area contributed by atoms with Crippen molar-refractivity contribution in [2.75, 3.05) is 18.0 Å². The molecule has 0 saturated carbocycles. The second-order valence-electron chi connectivity index (χ2n) is 6.94. The van der Waals surface area contributed by atoms with Gasteiger partial charge in [-0.2, -0.15) is 5.10 Å². The van der Waals surface area contributed by atoms with Crippen LogP contribution in [-0.4, -0.2) is 35.1 Å². The summed E-state index contributed by atoms with van der Waals surface area (Å²) >= 11 is 1.59. The number of aryl methyl sites for hydroxylation is 1. The summed E-state index contributed by atoms with van der Waals surface area (Å²) in [4.78, 5) is 15.4. The molecule has 1 saturated heterocycles. The summed E-state index contributed by atoms with van der Waals surface area (Å²) < 4.78 is 27.4. The Morgan fingerprint density at radius 1 is 1.30 bits per heavy atom. The Bertz CT molecular complexity index is 985. The maximum atomic E-state index is 13.7. The van der Waals surface area contributed by atoms with Gasteiger partial charge in [-0.25, -0.2) is 8.78 Å². The van der Waals surface area contributed by atoms with Crippen LogP contribution in [0.1, 0.15) is 41.9 Å². The molecule has 5 nitrogen and oxygen atoms in total. The first-order valence-electron chi connectivity index (χ1n) is 10.0. The van der Waals surface area contributed by atoms with Crippen LogP contribution in [0.4, 0.5) is 14.5 Å². The van der Waals surface area contributed by atoms with Gasteiger partial charge in [0.05, 0.1) is 34.9 Å². The summed E-state index contributed by atoms with van der Waals surface area (Å²) in [6.45, 7) is 6.00. The van der Waals surface area contributed by atoms with Crippen molar-refractivity contribution in [3.63, 3.8) is 0 Å². The Labute approximate surface area is 179 Å². The van der Waals surface area contributed by atoms with Gasteiger partial charge in [0.2, 0.25) is 0 Å². The van der Waals surface area contributed by atoms with E-state index in [2.05, 4.69) is 15.5 Å². The van der Waals surface area contributed by atoms with Gasteiger partial charge in [0.1, 0.15) is 5.69 Å². The quantitative estimate of drug-likeness (QED) is 0.579. The Kier molecular flexibility index (Phi) is 6.87. The Balaban J connectivity index is 0.00000124. The summed E-state index contributed by atoms with van der Waals surface area (Å²) in [5, 5.41) is 12.0. The highest BCUT2D eigenvalue weighted by molar-refractivity contribution is 7.13. The maximum Gasteiger partial charge on any atom is 0.266 e. The molecule has 0 atom stereocenters. The number of benzene rings is 1. The molecule has 1 aliphatic rings. The molecule has 0 unspecified atom stereocenters. The van der Waals surface area contributed by atoms with Crippen molar-refractivity contribution in [2.24, 2.45) is 0 Å². The number of para-hydroxylation sites is 1. The number of carbonyl (C=O) groups is 1. The molecular formula is C22H26F2N4OS. The van der Waals surface area contributed by atoms with E-state index in [9.17, 15) is 13.6 Å². The molecule has 8 heteroatoms. The lowest BCUT2D eigenvalue weighted by atomic mass is 10.1. The fourth-order valence-corrected chi connectivity index (χ4v) is 4.15. The van der Waals surface area contributed by atoms with Crippen LogP contribution < -0.4 is 10.2 Å². The maximum absolute atomic E-state index is 13.7. The van der Waals surface area contributed by atoms with Crippen LogP contribution >= 0.6 is 11.3 Å². The van der Waals surface area contributed by atoms with E-state index in [1.54, 1.807) is 28.4 Å². The largest absolute Gasteiger partial charge is 0.364 e. The number of nitrogens with zero attached hydrogens (tertiary/aromatic N) is 2. The first-order chi connectivity index (χ1) is 14.4. The van der Waals surface area contributed by atoms with Crippen LogP contribution in [0.5, 0.6) is 0 Å². The number of H-pyrrole nitrogens is 1. The standard InChI is InChI=1S/C20H20F2N4OS.C2H6/c1-13-4-2-5-15(18(13)26-8-7-20(21,22)12-26)19(27)23-11-14-10-16(25-24-14)17-6-3-9-28-17;1-2/h2-6,9-10H,7-8,11-12H2,1H3,(H,23,27)(H,24,25);1-2H3. The van der Waals surface area contributed by atoms with Crippen LogP contribution in [0.3, 0.4) is 0 Å². The first kappa shape index (κ1) is 22.0. The number of nitrogens with one attached hydrogen (secondary N) is 2. The molecule has 160 valence electrons. The molecule has 2 aromatic heterocycles. The zero-order valence-electron chi connectivity index (χ0n) is 17.3. The topological polar surface area (TPSA) is 61.0 Å². The number of aromatic amines is 1. The van der Waals surface area contributed by atoms with E-state index in [1.165, 1.54) is 0 Å². The Morgan fingerprint density at radius 2 is 2.10 bits per heavy atom. The third kappa shape index (κ3) is 4.87. The molecule has 1 aliphatic heterocycles. The lowest BCUT2D eigenvalue weighted by Gasteiger charge is -2.23. The summed E-state index contributed by atoms with van der Waals surface area (Å²) in [6, 6.07) is 11.1. The first-order valence-corrected chi connectivity index (χ1v) is 10.9. The minimum absolute atomic E-state index is 0.192. The van der Waals surface area contributed by atoms with E-state index in [0.29, 0.717) is 11.3 Å². The number of hydrogen-bond donors (Lipinski definition) is 2. The van der Waals surface area contributed by atoms with Crippen LogP contribution in [0.25, 0.3) is 10.6 Å². The van der Waals surface area contributed by atoms with Gasteiger partial charge in [-0.15, -0.1) is 11.3 Å². The second kappa shape index (κ2) is 9.38. The van der Waals surface area contributed by atoms with Crippen molar-refractivity contribution in [3.8, 4) is 10.6 Å². The molecule has 0 aliphatic carbocycles. The van der Waals surface area contributed by atoms with Gasteiger partial charge in [0.25, 0.3) is 11.8 Å². The summed E-state index contributed by atoms with van der Waals surface area (Å²) in [5.74, 6) is -3.01. The zero-order chi connectivity index (χ0) is 21.7. The third-order valence-corrected chi connectivity index (χ3v) is 5.70. The van der Waals surface area contributed by atoms with E-state index in [1.807, 2.05) is 50.4 Å². The van der Waals surface area contributed by atoms with Crippen LogP contribution in [0, 0.1) is 6.92 Å². The van der Waals surface area contributed by atoms with Crippen LogP contribution in [0.2, 0.25) is 0 Å². The number of amides is 1. The molecule has 30 heavy (non-hydrogen) atoms. The molecule has 0 spiro atoms. The van der Waals surface area contributed by atoms with Crippen LogP contribution in [0.15, 0.2) is 41.8 Å². The van der Waals surface area contributed by atoms with Gasteiger partial charge in [0.15, 0.2) is 0 Å². The highest BCUT2D eigenvalue weighted by Gasteiger charge is 2.39. The molecule has 2 N–H and O–H groups in total. The van der Waals surface area contributed by atoms with Gasteiger partial charge in [0, 0.05) is 13.0 Å². The summed E-state index contributed by atoms with van der Waals surface area (Å²) in [5.41, 5.74) is 3.41. The number of hydrogen-bond acceptors (Lipinski definition) is 4. The number of carbonyl (C=O) groups excluding carboxylic acids is 1. The lowest BCUT2D eigenvalue weighted by Crippen LogP contribution is -2.30. The molecule has 0 bridgehead atoms. The monoisotopic (exact) mass is 432 g/mol. The van der Waals surface area contributed by atoms with Crippen molar-refractivity contribution >= 4 is 22.9 Å². The fraction of sp³-hybridized carbons (Fsp3) is 0.364. The number of aromatic nitrogens is 2. The zero-order valence-corrected chi connectivity index (χ0v) is 18.2. The highest BCUT2D eigenvalue weighted by Crippen LogP contribution is 2.34. The van der Waals surface area contributed by atoms with E-state index in [4.69, 9.17) is 0 Å². The number of alkyl halides is 2. The molecule has 3 heterocycles. The molecule has 0 radical (unpaired) electrons. The van der Waals surface area contributed by atoms with Gasteiger partial charge in [-0.05, 0) is 36.1 Å². The van der Waals surface area contributed by atoms with E-state index >= 15 is 0 Å². The van der Waals surface area contributed by atoms with E-state index in [0.717, 1.165) is 21.8 Å². The molecule has 1 aromatic carbocycles. The molecule has 4 rings (SSSR count). The van der Waals surface area contributed by atoms with Crippen LogP contribution in [-0.2, 0) is 6.54 Å². The smallest absolute Gasteiger partial charge is 0.266 e. The number of anilines is 1. The van der Waals surface area contributed by atoms with E-state index in [-0.39, 0.29) is 32.0 Å². The van der Waals surface area contributed by atoms with Gasteiger partial charge in [-0.3, -0.25) is 9.89 Å². The van der Waals surface area contributed by atoms with Crippen molar-refractivity contribution in [1.29, 1.82) is 0 Å². The van der Waals surface area contributed by atoms with Crippen molar-refractivity contribution < 1.29 is 13.6 Å². The molecule has 1 amide bonds. The predicted octanol–water partition coefficient (Wildman–Crippen LogP) is 5.25. The Hall–Kier alpha value is -2.74. The third-order valence-electron chi connectivity index (χ3n) is 4.81. The van der Waals surface area contributed by atoms with Gasteiger partial charge < -0.3 is 10.2 Å². The summed E-state index contributed by atoms with van der Waals surface area (Å²) in [7, 11) is 0. The lowest BCUT2D eigenvalue weighted by molar-refractivity contribution is 0.0257. The van der Waals surface area contributed by atoms with Crippen molar-refractivity contribution in [2.45, 2.75) is 39.7 Å². The SMILES string of the molecule is CC.Cc1cccc(C(=O)NCc2cc(-c3cccs3)n[nH]2)c1N1CCC(F)(F)C1. The van der Waals surface area contributed by atoms with Crippen molar-refractivity contribution in [3.05, 3.63) is 58.6 Å². The normalized spacial score (nSPS) is 14.9. The average Bonchev–Trinajstić information content (AvgIpc) is 3.48. The second-order valence-corrected chi connectivity index (χ2v) is 7.88. The summed E-state index contributed by atoms with van der Waals surface area (Å²) in [6.07, 6.45) is -0.192. The fourth-order valence-electron chi connectivity index (χ4n) is 3.46. The van der Waals surface area contributed by atoms with Crippen molar-refractivity contribution in [1.82, 2.24) is 15.5 Å². The highest BCUT2D eigenvalue weighted by atomic mass is 32.1. The molecule has 3 aromatic rings. The van der Waals surface area contributed by atoms with E-state index < -0.39 is 5.92 Å². The molecular weight excluding hydrogens is 406 g/mol. The van der Waals surface area contributed by atoms with Gasteiger partial charge in [-0.1, -0.05) is 32.0 Å². The number of rotatable bonds is 5.